The molecule has 0 amide bonds. The van der Waals surface area contributed by atoms with Crippen molar-refractivity contribution in [2.75, 3.05) is 0 Å². The van der Waals surface area contributed by atoms with Gasteiger partial charge in [0.15, 0.2) is 5.78 Å². The van der Waals surface area contributed by atoms with Gasteiger partial charge in [0, 0.05) is 28.9 Å². The number of nitrogens with zero attached hydrogens (tertiary/aromatic N) is 2. The fraction of sp³-hybridized carbons (Fsp3) is 0. The molecule has 4 aromatic rings. The number of pyridine rings is 2. The van der Waals surface area contributed by atoms with E-state index >= 15 is 0 Å². The normalized spacial score (nSPS) is 11.0. The summed E-state index contributed by atoms with van der Waals surface area (Å²) in [5.41, 5.74) is 3.00. The summed E-state index contributed by atoms with van der Waals surface area (Å²) in [6.07, 6.45) is 3.37. The van der Waals surface area contributed by atoms with Crippen LogP contribution in [0.5, 0.6) is 0 Å². The minimum atomic E-state index is -0.0228. The summed E-state index contributed by atoms with van der Waals surface area (Å²) in [4.78, 5) is 21.2. The molecular formula is C17H10N2OS. The number of thiophene rings is 1. The SMILES string of the molecule is O=C(c1ccc2cccnc2c1)c1cnc2ccsc2c1. The van der Waals surface area contributed by atoms with Gasteiger partial charge in [-0.25, -0.2) is 0 Å². The predicted octanol–water partition coefficient (Wildman–Crippen LogP) is 4.08. The van der Waals surface area contributed by atoms with Gasteiger partial charge in [0.25, 0.3) is 0 Å². The van der Waals surface area contributed by atoms with Crippen LogP contribution in [0.15, 0.2) is 60.2 Å². The van der Waals surface area contributed by atoms with Crippen molar-refractivity contribution in [1.29, 1.82) is 0 Å². The molecule has 0 aliphatic rings. The third-order valence-electron chi connectivity index (χ3n) is 3.43. The predicted molar refractivity (Wildman–Crippen MR) is 84.8 cm³/mol. The molecule has 0 radical (unpaired) electrons. The number of benzene rings is 1. The van der Waals surface area contributed by atoms with Crippen LogP contribution in [-0.2, 0) is 0 Å². The lowest BCUT2D eigenvalue weighted by atomic mass is 10.0. The van der Waals surface area contributed by atoms with Crippen molar-refractivity contribution in [3.63, 3.8) is 0 Å². The van der Waals surface area contributed by atoms with Gasteiger partial charge in [0.2, 0.25) is 0 Å². The number of ketones is 1. The molecule has 0 aliphatic carbocycles. The molecule has 0 fully saturated rings. The molecule has 1 aromatic carbocycles. The standard InChI is InChI=1S/C17H10N2OS/c20-17(13-9-16-14(19-10-13)5-7-21-16)12-4-3-11-2-1-6-18-15(11)8-12/h1-10H. The van der Waals surface area contributed by atoms with Gasteiger partial charge in [-0.15, -0.1) is 11.3 Å². The molecule has 0 spiro atoms. The lowest BCUT2D eigenvalue weighted by Gasteiger charge is -2.03. The van der Waals surface area contributed by atoms with Crippen LogP contribution in [0.25, 0.3) is 21.1 Å². The minimum Gasteiger partial charge on any atom is -0.289 e. The first-order valence-corrected chi connectivity index (χ1v) is 7.42. The highest BCUT2D eigenvalue weighted by atomic mass is 32.1. The molecule has 3 heterocycles. The average molecular weight is 290 g/mol. The fourth-order valence-corrected chi connectivity index (χ4v) is 3.13. The van der Waals surface area contributed by atoms with E-state index in [1.54, 1.807) is 23.7 Å². The van der Waals surface area contributed by atoms with Crippen molar-refractivity contribution in [2.45, 2.75) is 0 Å². The van der Waals surface area contributed by atoms with Crippen LogP contribution < -0.4 is 0 Å². The van der Waals surface area contributed by atoms with E-state index in [1.807, 2.05) is 47.8 Å². The Morgan fingerprint density at radius 2 is 1.90 bits per heavy atom. The zero-order valence-corrected chi connectivity index (χ0v) is 11.8. The zero-order valence-electron chi connectivity index (χ0n) is 11.0. The zero-order chi connectivity index (χ0) is 14.2. The van der Waals surface area contributed by atoms with E-state index < -0.39 is 0 Å². The summed E-state index contributed by atoms with van der Waals surface area (Å²) in [5, 5.41) is 3.01. The number of carbonyl (C=O) groups excluding carboxylic acids is 1. The van der Waals surface area contributed by atoms with E-state index in [9.17, 15) is 4.79 Å². The lowest BCUT2D eigenvalue weighted by molar-refractivity contribution is 0.103. The molecule has 0 unspecified atom stereocenters. The van der Waals surface area contributed by atoms with E-state index in [2.05, 4.69) is 9.97 Å². The van der Waals surface area contributed by atoms with E-state index in [0.717, 1.165) is 21.1 Å². The molecule has 0 atom stereocenters. The van der Waals surface area contributed by atoms with Gasteiger partial charge in [-0.3, -0.25) is 14.8 Å². The highest BCUT2D eigenvalue weighted by Gasteiger charge is 2.11. The van der Waals surface area contributed by atoms with Crippen LogP contribution in [0.4, 0.5) is 0 Å². The molecule has 4 rings (SSSR count). The van der Waals surface area contributed by atoms with Gasteiger partial charge in [0.1, 0.15) is 0 Å². The van der Waals surface area contributed by atoms with Gasteiger partial charge < -0.3 is 0 Å². The monoisotopic (exact) mass is 290 g/mol. The van der Waals surface area contributed by atoms with Crippen molar-refractivity contribution in [2.24, 2.45) is 0 Å². The number of hydrogen-bond donors (Lipinski definition) is 0. The lowest BCUT2D eigenvalue weighted by Crippen LogP contribution is -2.01. The number of hydrogen-bond acceptors (Lipinski definition) is 4. The summed E-state index contributed by atoms with van der Waals surface area (Å²) in [7, 11) is 0. The second-order valence-corrected chi connectivity index (χ2v) is 5.72. The Kier molecular flexibility index (Phi) is 2.75. The molecule has 0 saturated carbocycles. The van der Waals surface area contributed by atoms with E-state index in [-0.39, 0.29) is 5.78 Å². The van der Waals surface area contributed by atoms with Gasteiger partial charge in [-0.1, -0.05) is 18.2 Å². The van der Waals surface area contributed by atoms with Crippen LogP contribution in [0.2, 0.25) is 0 Å². The Morgan fingerprint density at radius 1 is 0.952 bits per heavy atom. The first-order chi connectivity index (χ1) is 10.3. The minimum absolute atomic E-state index is 0.0228. The molecule has 0 saturated heterocycles. The first kappa shape index (κ1) is 12.2. The van der Waals surface area contributed by atoms with Gasteiger partial charge in [0.05, 0.1) is 15.7 Å². The van der Waals surface area contributed by atoms with E-state index in [0.29, 0.717) is 11.1 Å². The summed E-state index contributed by atoms with van der Waals surface area (Å²) in [6, 6.07) is 13.3. The fourth-order valence-electron chi connectivity index (χ4n) is 2.35. The van der Waals surface area contributed by atoms with E-state index in [1.165, 1.54) is 0 Å². The Hall–Kier alpha value is -2.59. The number of carbonyl (C=O) groups is 1. The molecule has 3 nitrogen and oxygen atoms in total. The number of rotatable bonds is 2. The van der Waals surface area contributed by atoms with Crippen molar-refractivity contribution in [3.8, 4) is 0 Å². The second kappa shape index (κ2) is 4.75. The molecule has 3 aromatic heterocycles. The molecule has 0 aliphatic heterocycles. The van der Waals surface area contributed by atoms with Crippen LogP contribution >= 0.6 is 11.3 Å². The summed E-state index contributed by atoms with van der Waals surface area (Å²) < 4.78 is 1.03. The maximum absolute atomic E-state index is 12.6. The molecule has 4 heteroatoms. The quantitative estimate of drug-likeness (QED) is 0.522. The maximum Gasteiger partial charge on any atom is 0.194 e. The topological polar surface area (TPSA) is 42.9 Å². The Bertz CT molecular complexity index is 975. The van der Waals surface area contributed by atoms with Gasteiger partial charge in [-0.05, 0) is 29.6 Å². The Balaban J connectivity index is 1.81. The Labute approximate surface area is 124 Å². The number of aromatic nitrogens is 2. The highest BCUT2D eigenvalue weighted by Crippen LogP contribution is 2.22. The summed E-state index contributed by atoms with van der Waals surface area (Å²) >= 11 is 1.59. The molecular weight excluding hydrogens is 280 g/mol. The van der Waals surface area contributed by atoms with Crippen LogP contribution in [-0.4, -0.2) is 15.8 Å². The number of fused-ring (bicyclic) bond motifs is 2. The van der Waals surface area contributed by atoms with Crippen LogP contribution in [0.3, 0.4) is 0 Å². The van der Waals surface area contributed by atoms with Crippen LogP contribution in [0.1, 0.15) is 15.9 Å². The third-order valence-corrected chi connectivity index (χ3v) is 4.29. The van der Waals surface area contributed by atoms with Crippen molar-refractivity contribution in [3.05, 3.63) is 71.4 Å². The summed E-state index contributed by atoms with van der Waals surface area (Å²) in [5.74, 6) is -0.0228. The summed E-state index contributed by atoms with van der Waals surface area (Å²) in [6.45, 7) is 0. The molecule has 0 N–H and O–H groups in total. The first-order valence-electron chi connectivity index (χ1n) is 6.54. The molecule has 100 valence electrons. The third kappa shape index (κ3) is 2.10. The van der Waals surface area contributed by atoms with Crippen molar-refractivity contribution < 1.29 is 4.79 Å². The van der Waals surface area contributed by atoms with Crippen LogP contribution in [0, 0.1) is 0 Å². The van der Waals surface area contributed by atoms with Gasteiger partial charge >= 0.3 is 0 Å². The highest BCUT2D eigenvalue weighted by molar-refractivity contribution is 7.17. The molecule has 21 heavy (non-hydrogen) atoms. The van der Waals surface area contributed by atoms with Gasteiger partial charge in [-0.2, -0.15) is 0 Å². The van der Waals surface area contributed by atoms with Crippen molar-refractivity contribution in [1.82, 2.24) is 9.97 Å². The Morgan fingerprint density at radius 3 is 2.86 bits per heavy atom. The molecule has 0 bridgehead atoms. The van der Waals surface area contributed by atoms with E-state index in [4.69, 9.17) is 0 Å². The second-order valence-electron chi connectivity index (χ2n) is 4.77. The smallest absolute Gasteiger partial charge is 0.194 e. The maximum atomic E-state index is 12.6. The van der Waals surface area contributed by atoms with Crippen molar-refractivity contribution >= 4 is 38.2 Å². The average Bonchev–Trinajstić information content (AvgIpc) is 3.01. The largest absolute Gasteiger partial charge is 0.289 e.